The standard InChI is InChI=1S/C29H54N2O4/c1-10-31-28(6,7)20-23(21-29(31,8)9)35-25(33)17-15-13-11-12-14-16-24(32)34-22-18-26(2,3)30-27(4,5)19-22/h22-23,30H,10-21H2,1-9H3. The number of likely N-dealkylation sites (tertiary alicyclic amines) is 1. The molecule has 6 nitrogen and oxygen atoms in total. The molecule has 2 heterocycles. The largest absolute Gasteiger partial charge is 0.462 e. The number of hydrogen-bond acceptors (Lipinski definition) is 6. The minimum Gasteiger partial charge on any atom is -0.462 e. The Morgan fingerprint density at radius 1 is 0.686 bits per heavy atom. The molecule has 0 bridgehead atoms. The summed E-state index contributed by atoms with van der Waals surface area (Å²) in [4.78, 5) is 27.3. The highest BCUT2D eigenvalue weighted by Gasteiger charge is 2.45. The molecule has 0 aromatic rings. The van der Waals surface area contributed by atoms with Crippen LogP contribution in [-0.2, 0) is 19.1 Å². The molecule has 0 aromatic carbocycles. The van der Waals surface area contributed by atoms with Crippen LogP contribution in [0.4, 0.5) is 0 Å². The number of rotatable bonds is 11. The van der Waals surface area contributed by atoms with E-state index in [0.29, 0.717) is 12.8 Å². The Kier molecular flexibility index (Phi) is 10.3. The van der Waals surface area contributed by atoms with Gasteiger partial charge in [-0.2, -0.15) is 0 Å². The van der Waals surface area contributed by atoms with Gasteiger partial charge >= 0.3 is 11.9 Å². The van der Waals surface area contributed by atoms with Gasteiger partial charge in [0.1, 0.15) is 12.2 Å². The van der Waals surface area contributed by atoms with Crippen LogP contribution in [0.1, 0.15) is 133 Å². The summed E-state index contributed by atoms with van der Waals surface area (Å²) in [5.41, 5.74) is 0.0198. The van der Waals surface area contributed by atoms with Crippen molar-refractivity contribution in [2.45, 2.75) is 167 Å². The van der Waals surface area contributed by atoms with Gasteiger partial charge in [0.25, 0.3) is 0 Å². The smallest absolute Gasteiger partial charge is 0.306 e. The maximum atomic E-state index is 12.4. The Labute approximate surface area is 215 Å². The van der Waals surface area contributed by atoms with Gasteiger partial charge in [-0.15, -0.1) is 0 Å². The number of nitrogens with one attached hydrogen (secondary N) is 1. The molecule has 204 valence electrons. The highest BCUT2D eigenvalue weighted by Crippen LogP contribution is 2.39. The number of carbonyl (C=O) groups excluding carboxylic acids is 2. The van der Waals surface area contributed by atoms with E-state index in [1.165, 1.54) is 0 Å². The summed E-state index contributed by atoms with van der Waals surface area (Å²) in [6.07, 6.45) is 9.15. The summed E-state index contributed by atoms with van der Waals surface area (Å²) < 4.78 is 11.7. The lowest BCUT2D eigenvalue weighted by molar-refractivity contribution is -0.160. The van der Waals surface area contributed by atoms with E-state index >= 15 is 0 Å². The van der Waals surface area contributed by atoms with Crippen molar-refractivity contribution in [1.82, 2.24) is 10.2 Å². The summed E-state index contributed by atoms with van der Waals surface area (Å²) in [5.74, 6) is -0.144. The second-order valence-electron chi connectivity index (χ2n) is 13.6. The topological polar surface area (TPSA) is 67.9 Å². The van der Waals surface area contributed by atoms with Crippen LogP contribution >= 0.6 is 0 Å². The molecule has 2 rings (SSSR count). The monoisotopic (exact) mass is 494 g/mol. The molecule has 2 aliphatic rings. The SMILES string of the molecule is CCN1C(C)(C)CC(OC(=O)CCCCCCCC(=O)OC2CC(C)(C)NC(C)(C)C2)CC1(C)C. The molecule has 0 spiro atoms. The Hall–Kier alpha value is -1.14. The molecule has 1 N–H and O–H groups in total. The van der Waals surface area contributed by atoms with E-state index in [1.807, 2.05) is 0 Å². The van der Waals surface area contributed by atoms with E-state index in [2.05, 4.69) is 72.5 Å². The Morgan fingerprint density at radius 3 is 1.46 bits per heavy atom. The van der Waals surface area contributed by atoms with Crippen molar-refractivity contribution in [3.63, 3.8) is 0 Å². The van der Waals surface area contributed by atoms with Crippen LogP contribution in [0.5, 0.6) is 0 Å². The number of carbonyl (C=O) groups is 2. The van der Waals surface area contributed by atoms with Gasteiger partial charge in [0.05, 0.1) is 0 Å². The van der Waals surface area contributed by atoms with Gasteiger partial charge in [-0.05, 0) is 74.8 Å². The minimum atomic E-state index is -0.0768. The van der Waals surface area contributed by atoms with E-state index in [1.54, 1.807) is 0 Å². The van der Waals surface area contributed by atoms with Gasteiger partial charge < -0.3 is 14.8 Å². The molecule has 2 aliphatic heterocycles. The van der Waals surface area contributed by atoms with Gasteiger partial charge in [-0.25, -0.2) is 0 Å². The van der Waals surface area contributed by atoms with Crippen molar-refractivity contribution in [2.24, 2.45) is 0 Å². The second kappa shape index (κ2) is 11.9. The van der Waals surface area contributed by atoms with Crippen LogP contribution < -0.4 is 5.32 Å². The predicted molar refractivity (Wildman–Crippen MR) is 142 cm³/mol. The van der Waals surface area contributed by atoms with Crippen molar-refractivity contribution in [1.29, 1.82) is 0 Å². The average Bonchev–Trinajstić information content (AvgIpc) is 2.62. The maximum absolute atomic E-state index is 12.4. The minimum absolute atomic E-state index is 0.00240. The molecule has 0 aliphatic carbocycles. The maximum Gasteiger partial charge on any atom is 0.306 e. The van der Waals surface area contributed by atoms with Crippen LogP contribution in [0.2, 0.25) is 0 Å². The van der Waals surface area contributed by atoms with Crippen LogP contribution in [0, 0.1) is 0 Å². The third kappa shape index (κ3) is 9.68. The number of piperidine rings is 2. The normalized spacial score (nSPS) is 24.1. The fraction of sp³-hybridized carbons (Fsp3) is 0.931. The lowest BCUT2D eigenvalue weighted by Crippen LogP contribution is -2.62. The van der Waals surface area contributed by atoms with Crippen LogP contribution in [0.3, 0.4) is 0 Å². The number of unbranched alkanes of at least 4 members (excludes halogenated alkanes) is 4. The van der Waals surface area contributed by atoms with Crippen molar-refractivity contribution in [3.05, 3.63) is 0 Å². The van der Waals surface area contributed by atoms with Crippen LogP contribution in [0.15, 0.2) is 0 Å². The van der Waals surface area contributed by atoms with E-state index in [-0.39, 0.29) is 46.3 Å². The Balaban J connectivity index is 1.58. The van der Waals surface area contributed by atoms with Crippen LogP contribution in [0.25, 0.3) is 0 Å². The van der Waals surface area contributed by atoms with E-state index in [4.69, 9.17) is 9.47 Å². The van der Waals surface area contributed by atoms with E-state index in [9.17, 15) is 9.59 Å². The first-order valence-electron chi connectivity index (χ1n) is 14.0. The van der Waals surface area contributed by atoms with Crippen molar-refractivity contribution < 1.29 is 19.1 Å². The zero-order chi connectivity index (χ0) is 26.5. The first kappa shape index (κ1) is 30.1. The molecule has 2 fully saturated rings. The molecule has 0 amide bonds. The quantitative estimate of drug-likeness (QED) is 0.274. The second-order valence-corrected chi connectivity index (χ2v) is 13.6. The lowest BCUT2D eigenvalue weighted by Gasteiger charge is -2.54. The summed E-state index contributed by atoms with van der Waals surface area (Å²) in [5, 5.41) is 3.62. The van der Waals surface area contributed by atoms with Gasteiger partial charge in [0.2, 0.25) is 0 Å². The highest BCUT2D eigenvalue weighted by atomic mass is 16.5. The molecular weight excluding hydrogens is 440 g/mol. The third-order valence-corrected chi connectivity index (χ3v) is 7.74. The summed E-state index contributed by atoms with van der Waals surface area (Å²) in [7, 11) is 0. The molecule has 6 heteroatoms. The summed E-state index contributed by atoms with van der Waals surface area (Å²) >= 11 is 0. The Bertz CT molecular complexity index is 679. The molecule has 0 saturated carbocycles. The third-order valence-electron chi connectivity index (χ3n) is 7.74. The average molecular weight is 495 g/mol. The highest BCUT2D eigenvalue weighted by molar-refractivity contribution is 5.70. The number of nitrogens with zero attached hydrogens (tertiary/aromatic N) is 1. The first-order chi connectivity index (χ1) is 16.1. The van der Waals surface area contributed by atoms with Crippen LogP contribution in [-0.4, -0.2) is 57.7 Å². The molecule has 0 radical (unpaired) electrons. The number of hydrogen-bond donors (Lipinski definition) is 1. The molecule has 2 saturated heterocycles. The first-order valence-corrected chi connectivity index (χ1v) is 14.0. The zero-order valence-corrected chi connectivity index (χ0v) is 24.2. The fourth-order valence-corrected chi connectivity index (χ4v) is 7.04. The molecule has 35 heavy (non-hydrogen) atoms. The lowest BCUT2D eigenvalue weighted by atomic mass is 9.78. The van der Waals surface area contributed by atoms with E-state index < -0.39 is 0 Å². The van der Waals surface area contributed by atoms with Crippen molar-refractivity contribution >= 4 is 11.9 Å². The number of ether oxygens (including phenoxy) is 2. The molecular formula is C29H54N2O4. The van der Waals surface area contributed by atoms with E-state index in [0.717, 1.165) is 64.3 Å². The van der Waals surface area contributed by atoms with Gasteiger partial charge in [-0.3, -0.25) is 14.5 Å². The van der Waals surface area contributed by atoms with Gasteiger partial charge in [0.15, 0.2) is 0 Å². The molecule has 0 aromatic heterocycles. The predicted octanol–water partition coefficient (Wildman–Crippen LogP) is 6.15. The fourth-order valence-electron chi connectivity index (χ4n) is 7.04. The Morgan fingerprint density at radius 2 is 1.06 bits per heavy atom. The zero-order valence-electron chi connectivity index (χ0n) is 24.2. The number of esters is 2. The van der Waals surface area contributed by atoms with Gasteiger partial charge in [-0.1, -0.05) is 26.2 Å². The molecule has 0 unspecified atom stereocenters. The summed E-state index contributed by atoms with van der Waals surface area (Å²) in [6, 6.07) is 0. The van der Waals surface area contributed by atoms with Gasteiger partial charge in [0, 0.05) is 60.7 Å². The van der Waals surface area contributed by atoms with Crippen molar-refractivity contribution in [2.75, 3.05) is 6.54 Å². The molecule has 0 atom stereocenters. The van der Waals surface area contributed by atoms with Crippen molar-refractivity contribution in [3.8, 4) is 0 Å². The summed E-state index contributed by atoms with van der Waals surface area (Å²) in [6.45, 7) is 20.9.